The second-order valence-corrected chi connectivity index (χ2v) is 11.3. The summed E-state index contributed by atoms with van der Waals surface area (Å²) >= 11 is 0. The monoisotopic (exact) mass is 559 g/mol. The van der Waals surface area contributed by atoms with Gasteiger partial charge in [-0.05, 0) is 81.3 Å². The number of ether oxygens (including phenoxy) is 3. The highest BCUT2D eigenvalue weighted by atomic mass is 32.2. The molecule has 1 N–H and O–H groups in total. The van der Waals surface area contributed by atoms with E-state index < -0.39 is 15.9 Å². The first-order valence-electron chi connectivity index (χ1n) is 12.8. The van der Waals surface area contributed by atoms with Crippen molar-refractivity contribution in [1.82, 2.24) is 14.7 Å². The highest BCUT2D eigenvalue weighted by Crippen LogP contribution is 2.36. The fraction of sp³-hybridized carbons (Fsp3) is 0.233. The first kappa shape index (κ1) is 27.1. The van der Waals surface area contributed by atoms with Crippen molar-refractivity contribution in [1.29, 1.82) is 0 Å². The van der Waals surface area contributed by atoms with Crippen LogP contribution < -0.4 is 18.9 Å². The number of sulfonamides is 1. The van der Waals surface area contributed by atoms with E-state index in [2.05, 4.69) is 14.7 Å². The summed E-state index contributed by atoms with van der Waals surface area (Å²) < 4.78 is 45.8. The van der Waals surface area contributed by atoms with E-state index in [9.17, 15) is 13.2 Å². The van der Waals surface area contributed by atoms with Crippen LogP contribution in [0.25, 0.3) is 11.3 Å². The average molecular weight is 560 g/mol. The third kappa shape index (κ3) is 5.76. The maximum absolute atomic E-state index is 13.4. The van der Waals surface area contributed by atoms with Crippen LogP contribution in [0.1, 0.15) is 39.2 Å². The summed E-state index contributed by atoms with van der Waals surface area (Å²) in [5, 5.41) is -0.259. The van der Waals surface area contributed by atoms with Crippen LogP contribution in [0.15, 0.2) is 65.7 Å². The van der Waals surface area contributed by atoms with Crippen molar-refractivity contribution in [3.05, 3.63) is 88.6 Å². The van der Waals surface area contributed by atoms with Crippen LogP contribution in [-0.4, -0.2) is 37.5 Å². The lowest BCUT2D eigenvalue weighted by atomic mass is 10.1. The van der Waals surface area contributed by atoms with E-state index in [0.29, 0.717) is 41.9 Å². The van der Waals surface area contributed by atoms with Gasteiger partial charge in [0.25, 0.3) is 15.9 Å². The number of amides is 1. The average Bonchev–Trinajstić information content (AvgIpc) is 3.15. The summed E-state index contributed by atoms with van der Waals surface area (Å²) in [4.78, 5) is 22.1. The molecule has 0 aliphatic carbocycles. The summed E-state index contributed by atoms with van der Waals surface area (Å²) in [6, 6.07) is 17.1. The Morgan fingerprint density at radius 2 is 1.60 bits per heavy atom. The second-order valence-electron chi connectivity index (χ2n) is 9.64. The largest absolute Gasteiger partial charge is 0.490 e. The van der Waals surface area contributed by atoms with Crippen molar-refractivity contribution in [3.63, 3.8) is 0 Å². The molecule has 0 fully saturated rings. The molecule has 206 valence electrons. The van der Waals surface area contributed by atoms with Crippen molar-refractivity contribution < 1.29 is 27.4 Å². The van der Waals surface area contributed by atoms with E-state index in [1.807, 2.05) is 51.1 Å². The third-order valence-electron chi connectivity index (χ3n) is 6.32. The van der Waals surface area contributed by atoms with E-state index in [1.54, 1.807) is 25.1 Å². The first-order chi connectivity index (χ1) is 19.1. The molecule has 0 saturated heterocycles. The molecule has 0 unspecified atom stereocenters. The quantitative estimate of drug-likeness (QED) is 0.332. The van der Waals surface area contributed by atoms with Crippen molar-refractivity contribution in [3.8, 4) is 34.4 Å². The standard InChI is InChI=1S/C30H29N3O6S/c1-18-15-19(2)28(20(3)16-18)39-30-23(29(34)33-40(35,36)27-8-5-7-21(4)31-27)10-11-24(32-30)22-9-12-25-26(17-22)38-14-6-13-37-25/h5,7-12,15-17H,6,13-14H2,1-4H3,(H,33,34). The smallest absolute Gasteiger partial charge is 0.281 e. The minimum absolute atomic E-state index is 0.0374. The fourth-order valence-corrected chi connectivity index (χ4v) is 5.48. The number of benzene rings is 2. The number of hydrogen-bond acceptors (Lipinski definition) is 8. The molecule has 1 aliphatic rings. The Balaban J connectivity index is 1.56. The lowest BCUT2D eigenvalue weighted by Gasteiger charge is -2.16. The maximum Gasteiger partial charge on any atom is 0.281 e. The van der Waals surface area contributed by atoms with E-state index >= 15 is 0 Å². The normalized spacial score (nSPS) is 12.9. The van der Waals surface area contributed by atoms with E-state index in [4.69, 9.17) is 14.2 Å². The SMILES string of the molecule is Cc1cc(C)c(Oc2nc(-c3ccc4c(c3)OCCCO4)ccc2C(=O)NS(=O)(=O)c2cccc(C)n2)c(C)c1. The molecule has 1 amide bonds. The van der Waals surface area contributed by atoms with Gasteiger partial charge in [-0.25, -0.2) is 14.7 Å². The summed E-state index contributed by atoms with van der Waals surface area (Å²) in [5.74, 6) is 0.854. The van der Waals surface area contributed by atoms with Crippen molar-refractivity contribution in [2.24, 2.45) is 0 Å². The third-order valence-corrected chi connectivity index (χ3v) is 7.55. The molecule has 0 atom stereocenters. The van der Waals surface area contributed by atoms with E-state index in [1.165, 1.54) is 12.1 Å². The van der Waals surface area contributed by atoms with Crippen LogP contribution in [0.4, 0.5) is 0 Å². The summed E-state index contributed by atoms with van der Waals surface area (Å²) in [6.07, 6.45) is 0.778. The lowest BCUT2D eigenvalue weighted by molar-refractivity contribution is 0.0978. The molecule has 4 aromatic rings. The summed E-state index contributed by atoms with van der Waals surface area (Å²) in [5.41, 5.74) is 4.44. The first-order valence-corrected chi connectivity index (χ1v) is 14.3. The summed E-state index contributed by atoms with van der Waals surface area (Å²) in [7, 11) is -4.24. The van der Waals surface area contributed by atoms with E-state index in [-0.39, 0.29) is 16.5 Å². The van der Waals surface area contributed by atoms with Crippen LogP contribution in [0.5, 0.6) is 23.1 Å². The number of carbonyl (C=O) groups excluding carboxylic acids is 1. The van der Waals surface area contributed by atoms with Crippen LogP contribution >= 0.6 is 0 Å². The number of hydrogen-bond donors (Lipinski definition) is 1. The van der Waals surface area contributed by atoms with Crippen LogP contribution in [0.3, 0.4) is 0 Å². The minimum atomic E-state index is -4.24. The van der Waals surface area contributed by atoms with Crippen molar-refractivity contribution in [2.45, 2.75) is 39.1 Å². The Kier molecular flexibility index (Phi) is 7.44. The molecule has 3 heterocycles. The molecule has 0 saturated carbocycles. The maximum atomic E-state index is 13.4. The van der Waals surface area contributed by atoms with Gasteiger partial charge in [-0.2, -0.15) is 8.42 Å². The van der Waals surface area contributed by atoms with Gasteiger partial charge in [0.1, 0.15) is 11.3 Å². The number of pyridine rings is 2. The zero-order valence-corrected chi connectivity index (χ0v) is 23.5. The number of aromatic nitrogens is 2. The second kappa shape index (κ2) is 11.0. The number of rotatable bonds is 6. The van der Waals surface area contributed by atoms with Gasteiger partial charge >= 0.3 is 0 Å². The number of nitrogens with zero attached hydrogens (tertiary/aromatic N) is 2. The summed E-state index contributed by atoms with van der Waals surface area (Å²) in [6.45, 7) is 8.56. The number of fused-ring (bicyclic) bond motifs is 1. The predicted octanol–water partition coefficient (Wildman–Crippen LogP) is 5.45. The lowest BCUT2D eigenvalue weighted by Crippen LogP contribution is -2.31. The predicted molar refractivity (Wildman–Crippen MR) is 150 cm³/mol. The Hall–Kier alpha value is -4.44. The van der Waals surface area contributed by atoms with Gasteiger partial charge in [-0.1, -0.05) is 23.8 Å². The molecule has 2 aromatic carbocycles. The molecule has 40 heavy (non-hydrogen) atoms. The van der Waals surface area contributed by atoms with E-state index in [0.717, 1.165) is 28.7 Å². The van der Waals surface area contributed by atoms with Gasteiger partial charge < -0.3 is 14.2 Å². The van der Waals surface area contributed by atoms with Crippen LogP contribution in [0.2, 0.25) is 0 Å². The molecular weight excluding hydrogens is 530 g/mol. The van der Waals surface area contributed by atoms with Gasteiger partial charge in [0.15, 0.2) is 16.5 Å². The molecule has 0 radical (unpaired) electrons. The molecule has 2 aromatic heterocycles. The molecule has 9 nitrogen and oxygen atoms in total. The van der Waals surface area contributed by atoms with Gasteiger partial charge in [0.2, 0.25) is 5.88 Å². The van der Waals surface area contributed by atoms with Crippen LogP contribution in [-0.2, 0) is 10.0 Å². The highest BCUT2D eigenvalue weighted by Gasteiger charge is 2.25. The fourth-order valence-electron chi connectivity index (χ4n) is 4.50. The Bertz CT molecular complexity index is 1700. The number of aryl methyl sites for hydroxylation is 4. The number of nitrogens with one attached hydrogen (secondary N) is 1. The van der Waals surface area contributed by atoms with Gasteiger partial charge in [-0.15, -0.1) is 0 Å². The Morgan fingerprint density at radius 3 is 2.33 bits per heavy atom. The Morgan fingerprint density at radius 1 is 0.875 bits per heavy atom. The van der Waals surface area contributed by atoms with Gasteiger partial charge in [-0.3, -0.25) is 4.79 Å². The van der Waals surface area contributed by atoms with Gasteiger partial charge in [0.05, 0.1) is 18.9 Å². The minimum Gasteiger partial charge on any atom is -0.490 e. The molecule has 1 aliphatic heterocycles. The highest BCUT2D eigenvalue weighted by molar-refractivity contribution is 7.90. The zero-order chi connectivity index (χ0) is 28.4. The number of carbonyl (C=O) groups is 1. The Labute approximate surface area is 233 Å². The molecule has 5 rings (SSSR count). The molecular formula is C30H29N3O6S. The van der Waals surface area contributed by atoms with Crippen LogP contribution in [0, 0.1) is 27.7 Å². The molecule has 10 heteroatoms. The zero-order valence-electron chi connectivity index (χ0n) is 22.6. The topological polar surface area (TPSA) is 117 Å². The molecule has 0 spiro atoms. The molecule has 0 bridgehead atoms. The van der Waals surface area contributed by atoms with Crippen molar-refractivity contribution >= 4 is 15.9 Å². The van der Waals surface area contributed by atoms with Crippen molar-refractivity contribution in [2.75, 3.05) is 13.2 Å². The van der Waals surface area contributed by atoms with Gasteiger partial charge in [0, 0.05) is 17.7 Å².